The van der Waals surface area contributed by atoms with Crippen molar-refractivity contribution in [2.75, 3.05) is 0 Å². The fourth-order valence-corrected chi connectivity index (χ4v) is 5.89. The Kier molecular flexibility index (Phi) is 14.6. The van der Waals surface area contributed by atoms with Crippen LogP contribution in [0, 0.1) is 7.43 Å². The second kappa shape index (κ2) is 17.4. The quantitative estimate of drug-likeness (QED) is 0.179. The minimum atomic E-state index is -1.22. The Hall–Kier alpha value is -2.17. The van der Waals surface area contributed by atoms with Crippen molar-refractivity contribution in [2.24, 2.45) is 0 Å². The summed E-state index contributed by atoms with van der Waals surface area (Å²) < 4.78 is 0. The van der Waals surface area contributed by atoms with Crippen LogP contribution >= 0.6 is 0 Å². The van der Waals surface area contributed by atoms with Crippen LogP contribution in [-0.2, 0) is 26.2 Å². The van der Waals surface area contributed by atoms with Gasteiger partial charge < -0.3 is 7.43 Å². The van der Waals surface area contributed by atoms with Gasteiger partial charge in [-0.1, -0.05) is 186 Å². The van der Waals surface area contributed by atoms with Gasteiger partial charge in [0.25, 0.3) is 0 Å². The first kappa shape index (κ1) is 31.0. The predicted octanol–water partition coefficient (Wildman–Crippen LogP) is 7.41. The van der Waals surface area contributed by atoms with E-state index in [0.717, 1.165) is 0 Å². The number of rotatable bonds is 4. The summed E-state index contributed by atoms with van der Waals surface area (Å²) in [7, 11) is 0. The molecule has 0 saturated heterocycles. The van der Waals surface area contributed by atoms with Gasteiger partial charge in [-0.25, -0.2) is 0 Å². The maximum Gasteiger partial charge on any atom is 4.00 e. The van der Waals surface area contributed by atoms with E-state index in [2.05, 4.69) is 121 Å². The molecule has 0 atom stereocenters. The molecule has 0 heterocycles. The van der Waals surface area contributed by atoms with Gasteiger partial charge in [0.05, 0.1) is 0 Å². The molecule has 188 valence electrons. The molecular weight excluding hydrogens is 522 g/mol. The molecule has 2 heteroatoms. The van der Waals surface area contributed by atoms with Gasteiger partial charge in [0, 0.05) is 0 Å². The number of hydrogen-bond donors (Lipinski definition) is 0. The van der Waals surface area contributed by atoms with Crippen molar-refractivity contribution in [3.63, 3.8) is 0 Å². The zero-order chi connectivity index (χ0) is 24.0. The molecule has 2 fully saturated rings. The molecule has 0 bridgehead atoms. The van der Waals surface area contributed by atoms with E-state index in [9.17, 15) is 0 Å². The van der Waals surface area contributed by atoms with E-state index >= 15 is 0 Å². The Bertz CT molecular complexity index is 884. The standard InChI is InChI=1S/C24H20B.2C5H10.CH3.Zr/c1-5-13-21(14-6-1)25(22-15-7-2-8-16-22,23-17-9-3-10-18-23)24-19-11-4-12-20-24;2*1-2-4-5-3-1;;/h1-20H;2*1-5H2;1H3;/q-1;;;-1;+4. The van der Waals surface area contributed by atoms with Gasteiger partial charge in [-0.15, -0.1) is 0 Å². The summed E-state index contributed by atoms with van der Waals surface area (Å²) in [6.07, 6.45) is 13.8. The predicted molar refractivity (Wildman–Crippen MR) is 163 cm³/mol. The summed E-state index contributed by atoms with van der Waals surface area (Å²) in [6, 6.07) is 43.5. The summed E-state index contributed by atoms with van der Waals surface area (Å²) in [4.78, 5) is 0. The van der Waals surface area contributed by atoms with E-state index in [1.54, 1.807) is 0 Å². The van der Waals surface area contributed by atoms with Crippen LogP contribution in [0.2, 0.25) is 0 Å². The number of benzene rings is 4. The molecule has 0 aromatic heterocycles. The van der Waals surface area contributed by atoms with Crippen LogP contribution in [0.4, 0.5) is 0 Å². The minimum absolute atomic E-state index is 0. The Balaban J connectivity index is 0.000000335. The third kappa shape index (κ3) is 8.41. The van der Waals surface area contributed by atoms with Gasteiger partial charge in [0.15, 0.2) is 0 Å². The second-order valence-corrected chi connectivity index (χ2v) is 10.0. The maximum atomic E-state index is 2.26. The fraction of sp³-hybridized carbons (Fsp3) is 0.286. The third-order valence-electron chi connectivity index (χ3n) is 7.70. The molecule has 6 rings (SSSR count). The van der Waals surface area contributed by atoms with Gasteiger partial charge in [-0.05, 0) is 0 Å². The molecule has 2 aliphatic rings. The first-order valence-electron chi connectivity index (χ1n) is 13.8. The van der Waals surface area contributed by atoms with E-state index in [-0.39, 0.29) is 33.6 Å². The average Bonchev–Trinajstić information content (AvgIpc) is 3.72. The Morgan fingerprint density at radius 1 is 0.297 bits per heavy atom. The van der Waals surface area contributed by atoms with Crippen molar-refractivity contribution in [3.8, 4) is 0 Å². The molecule has 0 spiro atoms. The first-order valence-corrected chi connectivity index (χ1v) is 13.8. The monoisotopic (exact) mass is 564 g/mol. The van der Waals surface area contributed by atoms with Crippen LogP contribution < -0.4 is 21.9 Å². The summed E-state index contributed by atoms with van der Waals surface area (Å²) >= 11 is 0. The molecule has 0 amide bonds. The molecule has 0 nitrogen and oxygen atoms in total. The zero-order valence-corrected chi connectivity index (χ0v) is 25.2. The zero-order valence-electron chi connectivity index (χ0n) is 22.7. The van der Waals surface area contributed by atoms with Crippen LogP contribution in [-0.4, -0.2) is 6.15 Å². The molecular formula is C35H43BZr+2. The van der Waals surface area contributed by atoms with E-state index < -0.39 is 6.15 Å². The second-order valence-electron chi connectivity index (χ2n) is 10.0. The van der Waals surface area contributed by atoms with Gasteiger partial charge in [-0.3, -0.25) is 0 Å². The molecule has 37 heavy (non-hydrogen) atoms. The normalized spacial score (nSPS) is 14.1. The largest absolute Gasteiger partial charge is 4.00 e. The van der Waals surface area contributed by atoms with Crippen molar-refractivity contribution in [2.45, 2.75) is 64.2 Å². The van der Waals surface area contributed by atoms with Crippen LogP contribution in [0.3, 0.4) is 0 Å². The maximum absolute atomic E-state index is 2.26. The molecule has 0 N–H and O–H groups in total. The first-order chi connectivity index (χ1) is 17.4. The number of hydrogen-bond acceptors (Lipinski definition) is 0. The van der Waals surface area contributed by atoms with Crippen molar-refractivity contribution >= 4 is 28.0 Å². The Labute approximate surface area is 246 Å². The molecule has 4 aromatic carbocycles. The van der Waals surface area contributed by atoms with Crippen molar-refractivity contribution in [1.29, 1.82) is 0 Å². The van der Waals surface area contributed by atoms with Crippen LogP contribution in [0.25, 0.3) is 0 Å². The molecule has 2 saturated carbocycles. The Morgan fingerprint density at radius 2 is 0.459 bits per heavy atom. The minimum Gasteiger partial charge on any atom is -0.358 e. The van der Waals surface area contributed by atoms with Gasteiger partial charge >= 0.3 is 26.2 Å². The molecule has 0 unspecified atom stereocenters. The SMILES string of the molecule is C1CCCC1.C1CCCC1.[CH3-].[Zr+4].c1ccc([B-](c2ccccc2)(c2ccccc2)c2ccccc2)cc1. The van der Waals surface area contributed by atoms with E-state index in [1.165, 1.54) is 86.1 Å². The van der Waals surface area contributed by atoms with Gasteiger partial charge in [-0.2, -0.15) is 21.9 Å². The van der Waals surface area contributed by atoms with Crippen LogP contribution in [0.15, 0.2) is 121 Å². The fourth-order valence-electron chi connectivity index (χ4n) is 5.89. The van der Waals surface area contributed by atoms with Gasteiger partial charge in [0.1, 0.15) is 6.15 Å². The van der Waals surface area contributed by atoms with Gasteiger partial charge in [0.2, 0.25) is 0 Å². The van der Waals surface area contributed by atoms with Crippen molar-refractivity contribution < 1.29 is 26.2 Å². The molecule has 4 aromatic rings. The summed E-state index contributed by atoms with van der Waals surface area (Å²) in [5.41, 5.74) is 5.36. The molecule has 2 aliphatic carbocycles. The summed E-state index contributed by atoms with van der Waals surface area (Å²) in [6.45, 7) is 0. The van der Waals surface area contributed by atoms with E-state index in [1.807, 2.05) is 0 Å². The van der Waals surface area contributed by atoms with Crippen LogP contribution in [0.5, 0.6) is 0 Å². The van der Waals surface area contributed by atoms with Crippen LogP contribution in [0.1, 0.15) is 64.2 Å². The third-order valence-corrected chi connectivity index (χ3v) is 7.70. The molecule has 0 aliphatic heterocycles. The molecule has 0 radical (unpaired) electrons. The topological polar surface area (TPSA) is 0 Å². The summed E-state index contributed by atoms with van der Waals surface area (Å²) in [5, 5.41) is 0. The van der Waals surface area contributed by atoms with E-state index in [0.29, 0.717) is 0 Å². The summed E-state index contributed by atoms with van der Waals surface area (Å²) in [5.74, 6) is 0. The smallest absolute Gasteiger partial charge is 0.358 e. The Morgan fingerprint density at radius 3 is 0.622 bits per heavy atom. The van der Waals surface area contributed by atoms with Crippen molar-refractivity contribution in [3.05, 3.63) is 129 Å². The van der Waals surface area contributed by atoms with E-state index in [4.69, 9.17) is 0 Å². The average molecular weight is 566 g/mol. The van der Waals surface area contributed by atoms with Crippen molar-refractivity contribution in [1.82, 2.24) is 0 Å².